The second-order valence-corrected chi connectivity index (χ2v) is 7.02. The Balaban J connectivity index is 2.25. The van der Waals surface area contributed by atoms with Gasteiger partial charge in [0, 0.05) is 19.6 Å². The van der Waals surface area contributed by atoms with E-state index in [9.17, 15) is 0 Å². The second kappa shape index (κ2) is 8.96. The summed E-state index contributed by atoms with van der Waals surface area (Å²) in [7, 11) is 5.86. The highest BCUT2D eigenvalue weighted by Crippen LogP contribution is 2.14. The highest BCUT2D eigenvalue weighted by Gasteiger charge is 2.18. The van der Waals surface area contributed by atoms with Gasteiger partial charge in [-0.25, -0.2) is 0 Å². The van der Waals surface area contributed by atoms with E-state index < -0.39 is 0 Å². The molecule has 0 spiro atoms. The molecule has 0 amide bonds. The summed E-state index contributed by atoms with van der Waals surface area (Å²) in [6.45, 7) is 7.18. The zero-order chi connectivity index (χ0) is 16.6. The third kappa shape index (κ3) is 7.61. The molecule has 0 saturated heterocycles. The van der Waals surface area contributed by atoms with Crippen LogP contribution in [0.1, 0.15) is 19.4 Å². The van der Waals surface area contributed by atoms with Crippen LogP contribution in [0, 0.1) is 5.41 Å². The highest BCUT2D eigenvalue weighted by molar-refractivity contribution is 7.80. The van der Waals surface area contributed by atoms with Gasteiger partial charge >= 0.3 is 0 Å². The van der Waals surface area contributed by atoms with Gasteiger partial charge < -0.3 is 20.3 Å². The molecule has 0 aliphatic heterocycles. The van der Waals surface area contributed by atoms with Gasteiger partial charge in [-0.15, -0.1) is 0 Å². The maximum Gasteiger partial charge on any atom is 0.166 e. The molecule has 0 saturated carbocycles. The summed E-state index contributed by atoms with van der Waals surface area (Å²) >= 11 is 5.33. The number of nitrogens with one attached hydrogen (secondary N) is 2. The van der Waals surface area contributed by atoms with Crippen LogP contribution in [0.15, 0.2) is 24.3 Å². The molecule has 0 atom stereocenters. The molecular formula is C17H29N3OS. The molecule has 1 aromatic rings. The molecule has 0 bridgehead atoms. The normalized spacial score (nSPS) is 11.4. The second-order valence-electron chi connectivity index (χ2n) is 6.61. The lowest BCUT2D eigenvalue weighted by atomic mass is 9.93. The van der Waals surface area contributed by atoms with Crippen LogP contribution in [-0.2, 0) is 6.42 Å². The van der Waals surface area contributed by atoms with Gasteiger partial charge in [-0.1, -0.05) is 26.0 Å². The smallest absolute Gasteiger partial charge is 0.166 e. The number of rotatable bonds is 8. The molecule has 1 aromatic carbocycles. The Kier molecular flexibility index (Phi) is 7.62. The van der Waals surface area contributed by atoms with Crippen LogP contribution in [0.25, 0.3) is 0 Å². The molecule has 0 aliphatic rings. The molecule has 0 unspecified atom stereocenters. The first-order chi connectivity index (χ1) is 10.3. The van der Waals surface area contributed by atoms with Crippen molar-refractivity contribution < 1.29 is 4.74 Å². The largest absolute Gasteiger partial charge is 0.497 e. The van der Waals surface area contributed by atoms with E-state index in [2.05, 4.69) is 55.6 Å². The first-order valence-corrected chi connectivity index (χ1v) is 8.02. The SMILES string of the molecule is COc1ccc(CCNC(=S)NCC(C)(C)CN(C)C)cc1. The summed E-state index contributed by atoms with van der Waals surface area (Å²) in [5, 5.41) is 7.29. The minimum absolute atomic E-state index is 0.186. The van der Waals surface area contributed by atoms with Crippen LogP contribution in [0.3, 0.4) is 0 Å². The van der Waals surface area contributed by atoms with E-state index in [1.54, 1.807) is 7.11 Å². The fourth-order valence-electron chi connectivity index (χ4n) is 2.41. The Bertz CT molecular complexity index is 457. The van der Waals surface area contributed by atoms with Crippen LogP contribution in [0.4, 0.5) is 0 Å². The lowest BCUT2D eigenvalue weighted by molar-refractivity contribution is 0.241. The highest BCUT2D eigenvalue weighted by atomic mass is 32.1. The van der Waals surface area contributed by atoms with Gasteiger partial charge in [0.15, 0.2) is 5.11 Å². The van der Waals surface area contributed by atoms with Gasteiger partial charge in [-0.2, -0.15) is 0 Å². The third-order valence-electron chi connectivity index (χ3n) is 3.33. The van der Waals surface area contributed by atoms with E-state index in [0.29, 0.717) is 0 Å². The Morgan fingerprint density at radius 3 is 2.36 bits per heavy atom. The summed E-state index contributed by atoms with van der Waals surface area (Å²) in [4.78, 5) is 2.20. The van der Waals surface area contributed by atoms with Crippen LogP contribution in [-0.4, -0.2) is 50.9 Å². The quantitative estimate of drug-likeness (QED) is 0.718. The van der Waals surface area contributed by atoms with Crippen molar-refractivity contribution >= 4 is 17.3 Å². The average molecular weight is 324 g/mol. The van der Waals surface area contributed by atoms with Crippen LogP contribution >= 0.6 is 12.2 Å². The lowest BCUT2D eigenvalue weighted by Gasteiger charge is -2.29. The van der Waals surface area contributed by atoms with Gasteiger partial charge in [-0.05, 0) is 55.8 Å². The first-order valence-electron chi connectivity index (χ1n) is 7.62. The van der Waals surface area contributed by atoms with Crippen molar-refractivity contribution in [3.63, 3.8) is 0 Å². The minimum Gasteiger partial charge on any atom is -0.497 e. The first kappa shape index (κ1) is 18.7. The molecule has 124 valence electrons. The number of hydrogen-bond acceptors (Lipinski definition) is 3. The van der Waals surface area contributed by atoms with E-state index in [1.165, 1.54) is 5.56 Å². The lowest BCUT2D eigenvalue weighted by Crippen LogP contribution is -2.44. The van der Waals surface area contributed by atoms with Crippen molar-refractivity contribution in [2.45, 2.75) is 20.3 Å². The predicted octanol–water partition coefficient (Wildman–Crippen LogP) is 2.29. The Hall–Kier alpha value is -1.33. The predicted molar refractivity (Wildman–Crippen MR) is 97.6 cm³/mol. The van der Waals surface area contributed by atoms with Crippen molar-refractivity contribution in [1.82, 2.24) is 15.5 Å². The fourth-order valence-corrected chi connectivity index (χ4v) is 2.58. The number of ether oxygens (including phenoxy) is 1. The monoisotopic (exact) mass is 323 g/mol. The third-order valence-corrected chi connectivity index (χ3v) is 3.62. The number of thiocarbonyl (C=S) groups is 1. The standard InChI is InChI=1S/C17H29N3OS/c1-17(2,13-20(3)4)12-19-16(22)18-11-10-14-6-8-15(21-5)9-7-14/h6-9H,10-13H2,1-5H3,(H2,18,19,22). The molecular weight excluding hydrogens is 294 g/mol. The Morgan fingerprint density at radius 1 is 1.18 bits per heavy atom. The van der Waals surface area contributed by atoms with E-state index in [1.807, 2.05) is 12.1 Å². The van der Waals surface area contributed by atoms with E-state index in [0.717, 1.165) is 36.9 Å². The summed E-state index contributed by atoms with van der Waals surface area (Å²) < 4.78 is 5.15. The topological polar surface area (TPSA) is 36.5 Å². The van der Waals surface area contributed by atoms with Gasteiger partial charge in [0.05, 0.1) is 7.11 Å². The zero-order valence-corrected chi connectivity index (χ0v) is 15.2. The molecule has 0 aromatic heterocycles. The Labute approximate surface area is 140 Å². The molecule has 0 aliphatic carbocycles. The van der Waals surface area contributed by atoms with Gasteiger partial charge in [-0.3, -0.25) is 0 Å². The van der Waals surface area contributed by atoms with Crippen LogP contribution in [0.2, 0.25) is 0 Å². The number of benzene rings is 1. The number of nitrogens with zero attached hydrogens (tertiary/aromatic N) is 1. The molecule has 4 nitrogen and oxygen atoms in total. The maximum atomic E-state index is 5.33. The average Bonchev–Trinajstić information content (AvgIpc) is 2.45. The zero-order valence-electron chi connectivity index (χ0n) is 14.4. The molecule has 0 fully saturated rings. The van der Waals surface area contributed by atoms with E-state index >= 15 is 0 Å². The molecule has 2 N–H and O–H groups in total. The summed E-state index contributed by atoms with van der Waals surface area (Å²) in [5.41, 5.74) is 1.45. The van der Waals surface area contributed by atoms with Gasteiger partial charge in [0.1, 0.15) is 5.75 Å². The summed E-state index contributed by atoms with van der Waals surface area (Å²) in [6, 6.07) is 8.12. The minimum atomic E-state index is 0.186. The van der Waals surface area contributed by atoms with Crippen molar-refractivity contribution in [2.75, 3.05) is 40.8 Å². The van der Waals surface area contributed by atoms with Crippen LogP contribution < -0.4 is 15.4 Å². The van der Waals surface area contributed by atoms with Crippen molar-refractivity contribution in [1.29, 1.82) is 0 Å². The molecule has 5 heteroatoms. The molecule has 1 rings (SSSR count). The van der Waals surface area contributed by atoms with Gasteiger partial charge in [0.2, 0.25) is 0 Å². The van der Waals surface area contributed by atoms with Crippen molar-refractivity contribution in [2.24, 2.45) is 5.41 Å². The fraction of sp³-hybridized carbons (Fsp3) is 0.588. The maximum absolute atomic E-state index is 5.33. The molecule has 0 heterocycles. The molecule has 0 radical (unpaired) electrons. The number of hydrogen-bond donors (Lipinski definition) is 2. The van der Waals surface area contributed by atoms with Crippen LogP contribution in [0.5, 0.6) is 5.75 Å². The summed E-state index contributed by atoms with van der Waals surface area (Å²) in [6.07, 6.45) is 0.937. The summed E-state index contributed by atoms with van der Waals surface area (Å²) in [5.74, 6) is 0.886. The van der Waals surface area contributed by atoms with Gasteiger partial charge in [0.25, 0.3) is 0 Å². The molecule has 22 heavy (non-hydrogen) atoms. The number of methoxy groups -OCH3 is 1. The Morgan fingerprint density at radius 2 is 1.82 bits per heavy atom. The van der Waals surface area contributed by atoms with E-state index in [4.69, 9.17) is 17.0 Å². The van der Waals surface area contributed by atoms with Crippen molar-refractivity contribution in [3.8, 4) is 5.75 Å². The van der Waals surface area contributed by atoms with E-state index in [-0.39, 0.29) is 5.41 Å². The van der Waals surface area contributed by atoms with Crippen molar-refractivity contribution in [3.05, 3.63) is 29.8 Å².